The molecule has 2 aromatic carbocycles. The van der Waals surface area contributed by atoms with Crippen LogP contribution in [-0.4, -0.2) is 11.6 Å². The summed E-state index contributed by atoms with van der Waals surface area (Å²) in [6.45, 7) is 7.59. The van der Waals surface area contributed by atoms with E-state index < -0.39 is 16.2 Å². The minimum atomic E-state index is -0.788. The first-order chi connectivity index (χ1) is 12.3. The van der Waals surface area contributed by atoms with Gasteiger partial charge in [0, 0.05) is 10.8 Å². The minimum absolute atomic E-state index is 0.107. The highest BCUT2D eigenvalue weighted by Gasteiger charge is 2.77. The third kappa shape index (κ3) is 1.68. The molecule has 0 N–H and O–H groups in total. The van der Waals surface area contributed by atoms with Gasteiger partial charge >= 0.3 is 0 Å². The lowest BCUT2D eigenvalue weighted by molar-refractivity contribution is -0.175. The standard InChI is InChI=1S/C24H24O2/c1-16-17(2)21(26)23(4)22(3,20(16)25)15-24(23,18-11-7-5-8-12-18)19-13-9-6-10-14-19/h5-14H,15H2,1-4H3/t22-,23+/m1/s1. The Bertz CT molecular complexity index is 899. The molecule has 2 heteroatoms. The van der Waals surface area contributed by atoms with Crippen molar-refractivity contribution in [2.75, 3.05) is 0 Å². The van der Waals surface area contributed by atoms with Gasteiger partial charge in [-0.1, -0.05) is 74.5 Å². The Kier molecular flexibility index (Phi) is 3.43. The molecule has 0 saturated heterocycles. The molecule has 0 bridgehead atoms. The van der Waals surface area contributed by atoms with Gasteiger partial charge in [-0.25, -0.2) is 0 Å². The Morgan fingerprint density at radius 1 is 0.692 bits per heavy atom. The third-order valence-corrected chi connectivity index (χ3v) is 7.31. The zero-order valence-corrected chi connectivity index (χ0v) is 15.8. The van der Waals surface area contributed by atoms with Crippen LogP contribution in [0.2, 0.25) is 0 Å². The van der Waals surface area contributed by atoms with Crippen LogP contribution in [0.15, 0.2) is 71.8 Å². The van der Waals surface area contributed by atoms with Gasteiger partial charge in [0.2, 0.25) is 0 Å². The normalized spacial score (nSPS) is 30.0. The Hall–Kier alpha value is -2.48. The van der Waals surface area contributed by atoms with Crippen molar-refractivity contribution in [1.29, 1.82) is 0 Å². The zero-order chi connectivity index (χ0) is 18.7. The number of allylic oxidation sites excluding steroid dienone is 2. The van der Waals surface area contributed by atoms with Crippen molar-refractivity contribution in [2.24, 2.45) is 10.8 Å². The zero-order valence-electron chi connectivity index (χ0n) is 15.8. The van der Waals surface area contributed by atoms with Gasteiger partial charge < -0.3 is 0 Å². The van der Waals surface area contributed by atoms with Crippen LogP contribution in [0, 0.1) is 10.8 Å². The molecule has 2 nitrogen and oxygen atoms in total. The topological polar surface area (TPSA) is 34.1 Å². The fourth-order valence-electron chi connectivity index (χ4n) is 5.52. The Labute approximate surface area is 154 Å². The van der Waals surface area contributed by atoms with Crippen LogP contribution in [0.4, 0.5) is 0 Å². The van der Waals surface area contributed by atoms with Gasteiger partial charge in [0.05, 0.1) is 5.41 Å². The van der Waals surface area contributed by atoms with Crippen molar-refractivity contribution >= 4 is 11.6 Å². The van der Waals surface area contributed by atoms with E-state index in [1.165, 1.54) is 0 Å². The fraction of sp³-hybridized carbons (Fsp3) is 0.333. The molecule has 0 unspecified atom stereocenters. The number of Topliss-reactive ketones (excluding diaryl/α,β-unsaturated/α-hetero) is 2. The van der Waals surface area contributed by atoms with Crippen molar-refractivity contribution in [2.45, 2.75) is 39.5 Å². The van der Waals surface area contributed by atoms with Crippen molar-refractivity contribution in [3.63, 3.8) is 0 Å². The van der Waals surface area contributed by atoms with E-state index in [4.69, 9.17) is 0 Å². The summed E-state index contributed by atoms with van der Waals surface area (Å²) in [6, 6.07) is 20.4. The highest BCUT2D eigenvalue weighted by Crippen LogP contribution is 2.73. The van der Waals surface area contributed by atoms with Crippen LogP contribution in [0.5, 0.6) is 0 Å². The molecule has 132 valence electrons. The van der Waals surface area contributed by atoms with Gasteiger partial charge in [0.15, 0.2) is 11.6 Å². The molecule has 2 aliphatic rings. The number of hydrogen-bond donors (Lipinski definition) is 0. The largest absolute Gasteiger partial charge is 0.294 e. The number of ketones is 2. The molecule has 4 rings (SSSR count). The first-order valence-electron chi connectivity index (χ1n) is 9.19. The maximum atomic E-state index is 13.6. The maximum absolute atomic E-state index is 13.6. The molecular formula is C24H24O2. The molecular weight excluding hydrogens is 320 g/mol. The smallest absolute Gasteiger partial charge is 0.167 e. The summed E-state index contributed by atoms with van der Waals surface area (Å²) < 4.78 is 0. The SMILES string of the molecule is CC1=C(C)C(=O)[C@]2(C)C(c3ccccc3)(c3ccccc3)C[C@]2(C)C1=O. The van der Waals surface area contributed by atoms with Crippen molar-refractivity contribution in [1.82, 2.24) is 0 Å². The van der Waals surface area contributed by atoms with Crippen molar-refractivity contribution in [3.05, 3.63) is 82.9 Å². The second-order valence-electron chi connectivity index (χ2n) is 8.18. The van der Waals surface area contributed by atoms with Crippen LogP contribution in [0.1, 0.15) is 45.2 Å². The predicted octanol–water partition coefficient (Wildman–Crippen LogP) is 4.88. The number of carbonyl (C=O) groups excluding carboxylic acids is 2. The highest BCUT2D eigenvalue weighted by molar-refractivity contribution is 6.19. The minimum Gasteiger partial charge on any atom is -0.294 e. The van der Waals surface area contributed by atoms with E-state index in [1.54, 1.807) is 13.8 Å². The maximum Gasteiger partial charge on any atom is 0.167 e. The quantitative estimate of drug-likeness (QED) is 0.778. The summed E-state index contributed by atoms with van der Waals surface area (Å²) in [5.74, 6) is 0.232. The van der Waals surface area contributed by atoms with Crippen molar-refractivity contribution in [3.8, 4) is 0 Å². The van der Waals surface area contributed by atoms with Crippen LogP contribution >= 0.6 is 0 Å². The van der Waals surface area contributed by atoms with E-state index in [-0.39, 0.29) is 11.6 Å². The van der Waals surface area contributed by atoms with Crippen LogP contribution < -0.4 is 0 Å². The Morgan fingerprint density at radius 3 is 1.58 bits per heavy atom. The Balaban J connectivity index is 2.05. The number of rotatable bonds is 2. The van der Waals surface area contributed by atoms with E-state index >= 15 is 0 Å². The molecule has 0 amide bonds. The van der Waals surface area contributed by atoms with E-state index in [0.717, 1.165) is 11.1 Å². The summed E-state index contributed by atoms with van der Waals surface area (Å²) >= 11 is 0. The summed E-state index contributed by atoms with van der Waals surface area (Å²) in [6.07, 6.45) is 0.652. The average Bonchev–Trinajstić information content (AvgIpc) is 2.69. The second kappa shape index (κ2) is 5.26. The number of carbonyl (C=O) groups is 2. The van der Waals surface area contributed by atoms with E-state index in [2.05, 4.69) is 24.3 Å². The fourth-order valence-corrected chi connectivity index (χ4v) is 5.52. The molecule has 0 heterocycles. The summed E-state index contributed by atoms with van der Waals surface area (Å²) in [7, 11) is 0. The molecule has 26 heavy (non-hydrogen) atoms. The first-order valence-corrected chi connectivity index (χ1v) is 9.19. The van der Waals surface area contributed by atoms with Gasteiger partial charge in [-0.05, 0) is 42.5 Å². The number of benzene rings is 2. The Morgan fingerprint density at radius 2 is 1.12 bits per heavy atom. The number of fused-ring (bicyclic) bond motifs is 1. The molecule has 0 aromatic heterocycles. The van der Waals surface area contributed by atoms with Crippen LogP contribution in [0.3, 0.4) is 0 Å². The molecule has 2 aliphatic carbocycles. The molecule has 0 radical (unpaired) electrons. The molecule has 2 aromatic rings. The lowest BCUT2D eigenvalue weighted by Crippen LogP contribution is -2.73. The molecule has 2 atom stereocenters. The molecule has 1 saturated carbocycles. The monoisotopic (exact) mass is 344 g/mol. The van der Waals surface area contributed by atoms with Crippen LogP contribution in [-0.2, 0) is 15.0 Å². The lowest BCUT2D eigenvalue weighted by Gasteiger charge is -2.69. The highest BCUT2D eigenvalue weighted by atomic mass is 16.1. The van der Waals surface area contributed by atoms with Crippen LogP contribution in [0.25, 0.3) is 0 Å². The third-order valence-electron chi connectivity index (χ3n) is 7.31. The average molecular weight is 344 g/mol. The summed E-state index contributed by atoms with van der Waals surface area (Å²) in [4.78, 5) is 26.8. The van der Waals surface area contributed by atoms with E-state index in [1.807, 2.05) is 50.2 Å². The van der Waals surface area contributed by atoms with Gasteiger partial charge in [-0.15, -0.1) is 0 Å². The van der Waals surface area contributed by atoms with Gasteiger partial charge in [-0.3, -0.25) is 9.59 Å². The lowest BCUT2D eigenvalue weighted by atomic mass is 9.30. The number of hydrogen-bond acceptors (Lipinski definition) is 2. The van der Waals surface area contributed by atoms with Gasteiger partial charge in [0.1, 0.15) is 0 Å². The second-order valence-corrected chi connectivity index (χ2v) is 8.18. The van der Waals surface area contributed by atoms with Crippen molar-refractivity contribution < 1.29 is 9.59 Å². The predicted molar refractivity (Wildman–Crippen MR) is 103 cm³/mol. The molecule has 0 spiro atoms. The first kappa shape index (κ1) is 17.0. The summed E-state index contributed by atoms with van der Waals surface area (Å²) in [5.41, 5.74) is 1.52. The van der Waals surface area contributed by atoms with Gasteiger partial charge in [-0.2, -0.15) is 0 Å². The molecule has 1 fully saturated rings. The van der Waals surface area contributed by atoms with E-state index in [0.29, 0.717) is 17.6 Å². The van der Waals surface area contributed by atoms with E-state index in [9.17, 15) is 9.59 Å². The molecule has 0 aliphatic heterocycles. The summed E-state index contributed by atoms with van der Waals surface area (Å²) in [5, 5.41) is 0. The van der Waals surface area contributed by atoms with Gasteiger partial charge in [0.25, 0.3) is 0 Å².